The summed E-state index contributed by atoms with van der Waals surface area (Å²) in [6.45, 7) is 3.30. The second kappa shape index (κ2) is 15.2. The Bertz CT molecular complexity index is 1460. The summed E-state index contributed by atoms with van der Waals surface area (Å²) in [5.74, 6) is -3.97. The number of nitrogens with one attached hydrogen (secondary N) is 5. The molecular weight excluding hydrogens is 612 g/mol. The van der Waals surface area contributed by atoms with Crippen molar-refractivity contribution < 1.29 is 37.5 Å². The lowest BCUT2D eigenvalue weighted by Gasteiger charge is -2.27. The minimum Gasteiger partial charge on any atom is -0.391 e. The molecule has 14 nitrogen and oxygen atoms in total. The zero-order valence-electron chi connectivity index (χ0n) is 24.8. The average Bonchev–Trinajstić information content (AvgIpc) is 3.48. The van der Waals surface area contributed by atoms with Gasteiger partial charge in [0.1, 0.15) is 18.1 Å². The predicted molar refractivity (Wildman–Crippen MR) is 162 cm³/mol. The first-order chi connectivity index (χ1) is 20.7. The zero-order chi connectivity index (χ0) is 32.6. The Balaban J connectivity index is 1.98. The highest BCUT2D eigenvalue weighted by atomic mass is 32.2. The number of aliphatic hydroxyl groups excluding tert-OH is 1. The fourth-order valence-electron chi connectivity index (χ4n) is 4.44. The number of aliphatic hydroxyl groups is 1. The van der Waals surface area contributed by atoms with E-state index in [1.807, 2.05) is 0 Å². The summed E-state index contributed by atoms with van der Waals surface area (Å²) in [6, 6.07) is 6.27. The van der Waals surface area contributed by atoms with Crippen LogP contribution in [-0.4, -0.2) is 98.3 Å². The molecular formula is C28H38N6O8S2. The fraction of sp³-hybridized carbons (Fsp3) is 0.464. The minimum absolute atomic E-state index is 0.0516. The molecule has 2 aromatic rings. The van der Waals surface area contributed by atoms with Crippen molar-refractivity contribution in [3.05, 3.63) is 52.2 Å². The number of carbonyl (C=O) groups is 5. The van der Waals surface area contributed by atoms with Gasteiger partial charge in [-0.3, -0.25) is 24.0 Å². The number of sulfonamides is 1. The van der Waals surface area contributed by atoms with Crippen molar-refractivity contribution in [1.82, 2.24) is 30.9 Å². The highest BCUT2D eigenvalue weighted by Gasteiger charge is 2.35. The van der Waals surface area contributed by atoms with E-state index in [-0.39, 0.29) is 29.3 Å². The average molecular weight is 651 g/mol. The lowest BCUT2D eigenvalue weighted by Crippen LogP contribution is -2.60. The molecule has 5 amide bonds. The highest BCUT2D eigenvalue weighted by molar-refractivity contribution is 7.89. The molecule has 1 aromatic heterocycles. The van der Waals surface area contributed by atoms with Gasteiger partial charge in [-0.25, -0.2) is 8.42 Å². The van der Waals surface area contributed by atoms with Crippen LogP contribution in [0.5, 0.6) is 0 Å². The zero-order valence-corrected chi connectivity index (χ0v) is 26.5. The molecule has 0 spiro atoms. The van der Waals surface area contributed by atoms with Gasteiger partial charge in [-0.1, -0.05) is 44.2 Å². The van der Waals surface area contributed by atoms with Crippen molar-refractivity contribution in [1.29, 1.82) is 0 Å². The van der Waals surface area contributed by atoms with Crippen LogP contribution in [0.25, 0.3) is 0 Å². The van der Waals surface area contributed by atoms with Gasteiger partial charge in [0, 0.05) is 31.9 Å². The Morgan fingerprint density at radius 1 is 1.02 bits per heavy atom. The topological polar surface area (TPSA) is 203 Å². The maximum atomic E-state index is 13.6. The molecule has 0 saturated carbocycles. The molecule has 1 aliphatic heterocycles. The van der Waals surface area contributed by atoms with E-state index in [0.29, 0.717) is 5.56 Å². The van der Waals surface area contributed by atoms with Gasteiger partial charge in [0.05, 0.1) is 22.4 Å². The Kier molecular flexibility index (Phi) is 12.0. The molecule has 0 unspecified atom stereocenters. The summed E-state index contributed by atoms with van der Waals surface area (Å²) in [5, 5.41) is 24.2. The van der Waals surface area contributed by atoms with Crippen LogP contribution in [-0.2, 0) is 35.6 Å². The van der Waals surface area contributed by atoms with E-state index in [0.717, 1.165) is 15.6 Å². The van der Waals surface area contributed by atoms with Gasteiger partial charge in [0.15, 0.2) is 0 Å². The number of benzene rings is 1. The van der Waals surface area contributed by atoms with Crippen LogP contribution in [0.3, 0.4) is 0 Å². The van der Waals surface area contributed by atoms with Crippen molar-refractivity contribution in [2.75, 3.05) is 26.7 Å². The summed E-state index contributed by atoms with van der Waals surface area (Å²) in [6.07, 6.45) is -1.29. The Morgan fingerprint density at radius 3 is 2.32 bits per heavy atom. The SMILES string of the molecule is CNC(=O)c1cc(S(=O)(=O)N2CCNC(=O)[C@H]([C@@H](C)O)NC(=O)[C@H](Cc3ccccc3)NC(=O)[C@@H](C(C)C)NC(=O)C2)cs1. The molecule has 1 aliphatic rings. The summed E-state index contributed by atoms with van der Waals surface area (Å²) in [5.41, 5.74) is 0.711. The van der Waals surface area contributed by atoms with Crippen LogP contribution < -0.4 is 26.6 Å². The molecule has 3 rings (SSSR count). The van der Waals surface area contributed by atoms with Gasteiger partial charge in [-0.2, -0.15) is 4.31 Å². The molecule has 1 fully saturated rings. The first-order valence-electron chi connectivity index (χ1n) is 13.9. The molecule has 16 heteroatoms. The van der Waals surface area contributed by atoms with Crippen molar-refractivity contribution in [2.24, 2.45) is 5.92 Å². The van der Waals surface area contributed by atoms with Gasteiger partial charge < -0.3 is 31.7 Å². The van der Waals surface area contributed by atoms with Gasteiger partial charge in [-0.15, -0.1) is 11.3 Å². The van der Waals surface area contributed by atoms with Gasteiger partial charge in [0.25, 0.3) is 5.91 Å². The maximum absolute atomic E-state index is 13.6. The number of rotatable bonds is 7. The third-order valence-corrected chi connectivity index (χ3v) is 9.79. The summed E-state index contributed by atoms with van der Waals surface area (Å²) >= 11 is 0.904. The number of carbonyl (C=O) groups excluding carboxylic acids is 5. The van der Waals surface area contributed by atoms with Crippen LogP contribution in [0.2, 0.25) is 0 Å². The molecule has 4 atom stereocenters. The van der Waals surface area contributed by atoms with Crippen LogP contribution >= 0.6 is 11.3 Å². The third-order valence-electron chi connectivity index (χ3n) is 6.89. The van der Waals surface area contributed by atoms with Crippen molar-refractivity contribution in [3.63, 3.8) is 0 Å². The van der Waals surface area contributed by atoms with E-state index >= 15 is 0 Å². The molecule has 0 aliphatic carbocycles. The van der Waals surface area contributed by atoms with Crippen LogP contribution in [0, 0.1) is 5.92 Å². The standard InChI is InChI=1S/C28H38N6O8S2/c1-16(2)23-28(40)31-20(12-18-8-6-5-7-9-18)25(37)33-24(17(3)35)27(39)30-10-11-34(14-22(36)32-23)44(41,42)19-13-21(43-15-19)26(38)29-4/h5-9,13,15-17,20,23-24,35H,10-12,14H2,1-4H3,(H,29,38)(H,30,39)(H,31,40)(H,32,36)(H,33,37)/t17-,20+,23-,24+/m1/s1. The number of hydrogen-bond donors (Lipinski definition) is 6. The van der Waals surface area contributed by atoms with E-state index in [9.17, 15) is 37.5 Å². The summed E-state index contributed by atoms with van der Waals surface area (Å²) in [7, 11) is -2.94. The summed E-state index contributed by atoms with van der Waals surface area (Å²) in [4.78, 5) is 65.0. The molecule has 1 aromatic carbocycles. The van der Waals surface area contributed by atoms with Gasteiger partial charge >= 0.3 is 0 Å². The van der Waals surface area contributed by atoms with Crippen molar-refractivity contribution in [3.8, 4) is 0 Å². The molecule has 2 heterocycles. The molecule has 1 saturated heterocycles. The van der Waals surface area contributed by atoms with Crippen molar-refractivity contribution >= 4 is 50.9 Å². The van der Waals surface area contributed by atoms with Gasteiger partial charge in [-0.05, 0) is 24.5 Å². The van der Waals surface area contributed by atoms with E-state index in [1.165, 1.54) is 25.4 Å². The Hall–Kier alpha value is -3.86. The first-order valence-corrected chi connectivity index (χ1v) is 16.3. The lowest BCUT2D eigenvalue weighted by atomic mass is 10.0. The Morgan fingerprint density at radius 2 is 1.70 bits per heavy atom. The first kappa shape index (κ1) is 34.6. The smallest absolute Gasteiger partial charge is 0.261 e. The second-order valence-corrected chi connectivity index (χ2v) is 13.5. The van der Waals surface area contributed by atoms with Crippen LogP contribution in [0.15, 0.2) is 46.7 Å². The molecule has 240 valence electrons. The largest absolute Gasteiger partial charge is 0.391 e. The Labute approximate surface area is 260 Å². The predicted octanol–water partition coefficient (Wildman–Crippen LogP) is -1.04. The highest BCUT2D eigenvalue weighted by Crippen LogP contribution is 2.23. The summed E-state index contributed by atoms with van der Waals surface area (Å²) < 4.78 is 28.0. The van der Waals surface area contributed by atoms with E-state index in [1.54, 1.807) is 44.2 Å². The normalized spacial score (nSPS) is 22.1. The lowest BCUT2D eigenvalue weighted by molar-refractivity contribution is -0.135. The van der Waals surface area contributed by atoms with Gasteiger partial charge in [0.2, 0.25) is 33.7 Å². The molecule has 0 bridgehead atoms. The van der Waals surface area contributed by atoms with E-state index < -0.39 is 76.3 Å². The molecule has 6 N–H and O–H groups in total. The number of hydrogen-bond acceptors (Lipinski definition) is 9. The van der Waals surface area contributed by atoms with E-state index in [2.05, 4.69) is 26.6 Å². The third kappa shape index (κ3) is 8.84. The second-order valence-electron chi connectivity index (χ2n) is 10.6. The maximum Gasteiger partial charge on any atom is 0.261 e. The number of amides is 5. The number of thiophene rings is 1. The van der Waals surface area contributed by atoms with Crippen molar-refractivity contribution in [2.45, 2.75) is 56.3 Å². The number of nitrogens with zero attached hydrogens (tertiary/aromatic N) is 1. The minimum atomic E-state index is -4.35. The van der Waals surface area contributed by atoms with Crippen LogP contribution in [0.4, 0.5) is 0 Å². The molecule has 0 radical (unpaired) electrons. The molecule has 44 heavy (non-hydrogen) atoms. The monoisotopic (exact) mass is 650 g/mol. The van der Waals surface area contributed by atoms with Crippen LogP contribution in [0.1, 0.15) is 36.0 Å². The quantitative estimate of drug-likeness (QED) is 0.218. The van der Waals surface area contributed by atoms with E-state index in [4.69, 9.17) is 0 Å². The fourth-order valence-corrected chi connectivity index (χ4v) is 7.04.